The molecule has 1 N–H and O–H groups in total. The maximum absolute atomic E-state index is 5.92. The van der Waals surface area contributed by atoms with Gasteiger partial charge in [0, 0.05) is 24.9 Å². The molecule has 3 nitrogen and oxygen atoms in total. The minimum Gasteiger partial charge on any atom is -0.489 e. The molecule has 1 aromatic carbocycles. The minimum absolute atomic E-state index is 0.419. The SMILES string of the molecule is CNc1ncccc1COc1ccc(Cl)c(Cl)c1. The van der Waals surface area contributed by atoms with Crippen molar-refractivity contribution < 1.29 is 4.74 Å². The Bertz CT molecular complexity index is 546. The van der Waals surface area contributed by atoms with Gasteiger partial charge in [-0.2, -0.15) is 0 Å². The largest absolute Gasteiger partial charge is 0.489 e. The molecule has 0 amide bonds. The first kappa shape index (κ1) is 13.0. The Balaban J connectivity index is 2.09. The molecule has 94 valence electrons. The van der Waals surface area contributed by atoms with Crippen LogP contribution >= 0.6 is 23.2 Å². The third-order valence-corrected chi connectivity index (χ3v) is 3.15. The number of hydrogen-bond acceptors (Lipinski definition) is 3. The van der Waals surface area contributed by atoms with Gasteiger partial charge in [0.15, 0.2) is 0 Å². The number of nitrogens with one attached hydrogen (secondary N) is 1. The highest BCUT2D eigenvalue weighted by Gasteiger charge is 2.04. The first-order valence-corrected chi connectivity index (χ1v) is 6.16. The van der Waals surface area contributed by atoms with Gasteiger partial charge in [-0.25, -0.2) is 4.98 Å². The highest BCUT2D eigenvalue weighted by Crippen LogP contribution is 2.27. The van der Waals surface area contributed by atoms with E-state index in [0.29, 0.717) is 22.4 Å². The van der Waals surface area contributed by atoms with Crippen LogP contribution in [0, 0.1) is 0 Å². The Hall–Kier alpha value is -1.45. The van der Waals surface area contributed by atoms with Gasteiger partial charge in [-0.15, -0.1) is 0 Å². The van der Waals surface area contributed by atoms with Gasteiger partial charge >= 0.3 is 0 Å². The Kier molecular flexibility index (Phi) is 4.28. The van der Waals surface area contributed by atoms with Crippen LogP contribution in [-0.2, 0) is 6.61 Å². The van der Waals surface area contributed by atoms with E-state index in [1.165, 1.54) is 0 Å². The summed E-state index contributed by atoms with van der Waals surface area (Å²) in [6.07, 6.45) is 1.73. The average molecular weight is 283 g/mol. The third-order valence-electron chi connectivity index (χ3n) is 2.41. The molecule has 5 heteroatoms. The average Bonchev–Trinajstić information content (AvgIpc) is 2.40. The molecular weight excluding hydrogens is 271 g/mol. The van der Waals surface area contributed by atoms with Crippen LogP contribution in [0.15, 0.2) is 36.5 Å². The predicted octanol–water partition coefficient (Wildman–Crippen LogP) is 4.01. The summed E-state index contributed by atoms with van der Waals surface area (Å²) in [7, 11) is 1.82. The number of hydrogen-bond donors (Lipinski definition) is 1. The molecule has 0 aliphatic carbocycles. The highest BCUT2D eigenvalue weighted by molar-refractivity contribution is 6.42. The third kappa shape index (κ3) is 3.06. The van der Waals surface area contributed by atoms with Crippen molar-refractivity contribution in [2.24, 2.45) is 0 Å². The van der Waals surface area contributed by atoms with Crippen LogP contribution < -0.4 is 10.1 Å². The fourth-order valence-electron chi connectivity index (χ4n) is 1.51. The molecule has 0 saturated heterocycles. The van der Waals surface area contributed by atoms with E-state index in [2.05, 4.69) is 10.3 Å². The first-order valence-electron chi connectivity index (χ1n) is 5.40. The van der Waals surface area contributed by atoms with E-state index in [1.54, 1.807) is 24.4 Å². The van der Waals surface area contributed by atoms with E-state index in [0.717, 1.165) is 11.4 Å². The maximum Gasteiger partial charge on any atom is 0.132 e. The zero-order valence-corrected chi connectivity index (χ0v) is 11.3. The fourth-order valence-corrected chi connectivity index (χ4v) is 1.80. The van der Waals surface area contributed by atoms with Crippen LogP contribution in [0.25, 0.3) is 0 Å². The zero-order valence-electron chi connectivity index (χ0n) is 9.78. The first-order chi connectivity index (χ1) is 8.70. The van der Waals surface area contributed by atoms with Crippen LogP contribution in [0.2, 0.25) is 10.0 Å². The van der Waals surface area contributed by atoms with Crippen molar-refractivity contribution in [1.82, 2.24) is 4.98 Å². The molecule has 0 saturated carbocycles. The minimum atomic E-state index is 0.419. The summed E-state index contributed by atoms with van der Waals surface area (Å²) in [6.45, 7) is 0.419. The van der Waals surface area contributed by atoms with Crippen molar-refractivity contribution in [3.63, 3.8) is 0 Å². The second-order valence-electron chi connectivity index (χ2n) is 3.63. The summed E-state index contributed by atoms with van der Waals surface area (Å²) >= 11 is 11.8. The van der Waals surface area contributed by atoms with Crippen molar-refractivity contribution in [3.8, 4) is 5.75 Å². The topological polar surface area (TPSA) is 34.2 Å². The number of anilines is 1. The Morgan fingerprint density at radius 2 is 2.06 bits per heavy atom. The van der Waals surface area contributed by atoms with Gasteiger partial charge < -0.3 is 10.1 Å². The summed E-state index contributed by atoms with van der Waals surface area (Å²) in [4.78, 5) is 4.20. The lowest BCUT2D eigenvalue weighted by Crippen LogP contribution is -2.02. The number of benzene rings is 1. The van der Waals surface area contributed by atoms with Gasteiger partial charge in [-0.3, -0.25) is 0 Å². The van der Waals surface area contributed by atoms with E-state index in [4.69, 9.17) is 27.9 Å². The van der Waals surface area contributed by atoms with Crippen LogP contribution in [0.1, 0.15) is 5.56 Å². The summed E-state index contributed by atoms with van der Waals surface area (Å²) in [6, 6.07) is 9.01. The van der Waals surface area contributed by atoms with E-state index in [9.17, 15) is 0 Å². The number of ether oxygens (including phenoxy) is 1. The molecular formula is C13H12Cl2N2O. The van der Waals surface area contributed by atoms with Crippen molar-refractivity contribution in [3.05, 3.63) is 52.1 Å². The highest BCUT2D eigenvalue weighted by atomic mass is 35.5. The normalized spacial score (nSPS) is 10.2. The molecule has 2 aromatic rings. The summed E-state index contributed by atoms with van der Waals surface area (Å²) in [5, 5.41) is 4.01. The Labute approximate surface area is 116 Å². The number of pyridine rings is 1. The zero-order chi connectivity index (χ0) is 13.0. The number of nitrogens with zero attached hydrogens (tertiary/aromatic N) is 1. The van der Waals surface area contributed by atoms with E-state index < -0.39 is 0 Å². The number of halogens is 2. The molecule has 0 unspecified atom stereocenters. The van der Waals surface area contributed by atoms with Gasteiger partial charge in [0.2, 0.25) is 0 Å². The van der Waals surface area contributed by atoms with Gasteiger partial charge in [-0.1, -0.05) is 29.3 Å². The summed E-state index contributed by atoms with van der Waals surface area (Å²) in [5.74, 6) is 1.48. The van der Waals surface area contributed by atoms with E-state index >= 15 is 0 Å². The standard InChI is InChI=1S/C13H12Cl2N2O/c1-16-13-9(3-2-6-17-13)8-18-10-4-5-11(14)12(15)7-10/h2-7H,8H2,1H3,(H,16,17). The molecule has 0 spiro atoms. The molecule has 0 bridgehead atoms. The van der Waals surface area contributed by atoms with Crippen molar-refractivity contribution in [1.29, 1.82) is 0 Å². The van der Waals surface area contributed by atoms with Crippen molar-refractivity contribution >= 4 is 29.0 Å². The smallest absolute Gasteiger partial charge is 0.132 e. The van der Waals surface area contributed by atoms with Gasteiger partial charge in [0.25, 0.3) is 0 Å². The van der Waals surface area contributed by atoms with Gasteiger partial charge in [-0.05, 0) is 18.2 Å². The lowest BCUT2D eigenvalue weighted by atomic mass is 10.2. The number of rotatable bonds is 4. The molecule has 1 heterocycles. The maximum atomic E-state index is 5.92. The monoisotopic (exact) mass is 282 g/mol. The lowest BCUT2D eigenvalue weighted by Gasteiger charge is -2.10. The molecule has 2 rings (SSSR count). The molecule has 0 atom stereocenters. The second-order valence-corrected chi connectivity index (χ2v) is 4.44. The molecule has 0 radical (unpaired) electrons. The molecule has 18 heavy (non-hydrogen) atoms. The van der Waals surface area contributed by atoms with Crippen LogP contribution in [0.4, 0.5) is 5.82 Å². The Morgan fingerprint density at radius 1 is 1.22 bits per heavy atom. The van der Waals surface area contributed by atoms with Crippen molar-refractivity contribution in [2.45, 2.75) is 6.61 Å². The van der Waals surface area contributed by atoms with Crippen LogP contribution in [-0.4, -0.2) is 12.0 Å². The van der Waals surface area contributed by atoms with Crippen molar-refractivity contribution in [2.75, 3.05) is 12.4 Å². The molecule has 0 aliphatic heterocycles. The van der Waals surface area contributed by atoms with E-state index in [-0.39, 0.29) is 0 Å². The number of aromatic nitrogens is 1. The molecule has 0 fully saturated rings. The van der Waals surface area contributed by atoms with E-state index in [1.807, 2.05) is 19.2 Å². The predicted molar refractivity (Wildman–Crippen MR) is 74.6 cm³/mol. The van der Waals surface area contributed by atoms with Gasteiger partial charge in [0.1, 0.15) is 18.2 Å². The molecule has 0 aliphatic rings. The van der Waals surface area contributed by atoms with Crippen LogP contribution in [0.5, 0.6) is 5.75 Å². The van der Waals surface area contributed by atoms with Gasteiger partial charge in [0.05, 0.1) is 10.0 Å². The lowest BCUT2D eigenvalue weighted by molar-refractivity contribution is 0.306. The fraction of sp³-hybridized carbons (Fsp3) is 0.154. The summed E-state index contributed by atoms with van der Waals surface area (Å²) < 4.78 is 5.65. The second kappa shape index (κ2) is 5.94. The van der Waals surface area contributed by atoms with Crippen LogP contribution in [0.3, 0.4) is 0 Å². The molecule has 1 aromatic heterocycles. The Morgan fingerprint density at radius 3 is 2.78 bits per heavy atom. The quantitative estimate of drug-likeness (QED) is 0.920. The summed E-state index contributed by atoms with van der Waals surface area (Å²) in [5.41, 5.74) is 0.978.